The van der Waals surface area contributed by atoms with Gasteiger partial charge in [0.15, 0.2) is 0 Å². The van der Waals surface area contributed by atoms with Crippen molar-refractivity contribution in [1.82, 2.24) is 19.8 Å². The number of aromatic amines is 1. The average molecular weight is 447 g/mol. The zero-order valence-electron chi connectivity index (χ0n) is 19.7. The molecule has 4 heterocycles. The molecule has 34 heavy (non-hydrogen) atoms. The third-order valence-corrected chi connectivity index (χ3v) is 8.24. The van der Waals surface area contributed by atoms with Crippen LogP contribution in [-0.4, -0.2) is 52.0 Å². The summed E-state index contributed by atoms with van der Waals surface area (Å²) in [6, 6.07) is 21.8. The number of benzene rings is 2. The topological polar surface area (TPSA) is 35.2 Å². The summed E-state index contributed by atoms with van der Waals surface area (Å²) in [5, 5.41) is 1.25. The second-order valence-corrected chi connectivity index (χ2v) is 10.3. The van der Waals surface area contributed by atoms with Gasteiger partial charge in [-0.05, 0) is 71.8 Å². The number of hydrogen-bond donors (Lipinski definition) is 1. The smallest absolute Gasteiger partial charge is 0.0520 e. The summed E-state index contributed by atoms with van der Waals surface area (Å²) in [5.41, 5.74) is 10.0. The quantitative estimate of drug-likeness (QED) is 0.450. The van der Waals surface area contributed by atoms with Crippen molar-refractivity contribution in [2.45, 2.75) is 37.9 Å². The Bertz CT molecular complexity index is 1380. The summed E-state index contributed by atoms with van der Waals surface area (Å²) in [6.07, 6.45) is 9.99. The van der Waals surface area contributed by atoms with Crippen LogP contribution in [0.5, 0.6) is 0 Å². The van der Waals surface area contributed by atoms with Crippen LogP contribution in [0.3, 0.4) is 0 Å². The van der Waals surface area contributed by atoms with Crippen molar-refractivity contribution in [3.05, 3.63) is 95.5 Å². The number of likely N-dealkylation sites (tertiary alicyclic amines) is 1. The van der Waals surface area contributed by atoms with Crippen LogP contribution in [-0.2, 0) is 13.0 Å². The van der Waals surface area contributed by atoms with E-state index in [1.165, 1.54) is 75.9 Å². The van der Waals surface area contributed by atoms with Gasteiger partial charge < -0.3 is 4.98 Å². The zero-order chi connectivity index (χ0) is 22.6. The van der Waals surface area contributed by atoms with Gasteiger partial charge in [0.1, 0.15) is 0 Å². The van der Waals surface area contributed by atoms with Crippen LogP contribution >= 0.6 is 0 Å². The van der Waals surface area contributed by atoms with Crippen LogP contribution in [0, 0.1) is 0 Å². The van der Waals surface area contributed by atoms with Crippen LogP contribution in [0.25, 0.3) is 27.6 Å². The van der Waals surface area contributed by atoms with Gasteiger partial charge in [0.05, 0.1) is 5.69 Å². The SMILES string of the molecule is CN1C2CCC1CN(Cc1ccc(-c3cnc4c(c3)C(c3ccc5[nH]ccc5c3)=CC4)cc1)C2. The number of pyridine rings is 1. The number of H-pyrrole nitrogens is 1. The number of allylic oxidation sites excluding steroid dienone is 1. The molecule has 3 aliphatic rings. The van der Waals surface area contributed by atoms with Crippen LogP contribution in [0.1, 0.15) is 35.2 Å². The maximum absolute atomic E-state index is 4.84. The van der Waals surface area contributed by atoms with Crippen molar-refractivity contribution in [1.29, 1.82) is 0 Å². The van der Waals surface area contributed by atoms with E-state index < -0.39 is 0 Å². The Balaban J connectivity index is 1.12. The lowest BCUT2D eigenvalue weighted by molar-refractivity contribution is 0.0837. The van der Waals surface area contributed by atoms with Crippen molar-refractivity contribution in [2.24, 2.45) is 0 Å². The van der Waals surface area contributed by atoms with Gasteiger partial charge in [-0.1, -0.05) is 36.4 Å². The Morgan fingerprint density at radius 3 is 2.53 bits per heavy atom. The second-order valence-electron chi connectivity index (χ2n) is 10.3. The number of likely N-dealkylation sites (N-methyl/N-ethyl adjacent to an activating group) is 1. The van der Waals surface area contributed by atoms with E-state index in [9.17, 15) is 0 Å². The van der Waals surface area contributed by atoms with Gasteiger partial charge in [-0.3, -0.25) is 14.8 Å². The van der Waals surface area contributed by atoms with Crippen LogP contribution in [0.2, 0.25) is 0 Å². The molecule has 1 N–H and O–H groups in total. The predicted octanol–water partition coefficient (Wildman–Crippen LogP) is 5.50. The van der Waals surface area contributed by atoms with E-state index in [-0.39, 0.29) is 0 Å². The van der Waals surface area contributed by atoms with E-state index in [1.54, 1.807) is 0 Å². The average Bonchev–Trinajstić information content (AvgIpc) is 3.55. The van der Waals surface area contributed by atoms with Gasteiger partial charge in [-0.25, -0.2) is 0 Å². The molecule has 2 aromatic heterocycles. The Morgan fingerprint density at radius 1 is 0.912 bits per heavy atom. The first kappa shape index (κ1) is 20.2. The molecule has 2 fully saturated rings. The molecule has 2 bridgehead atoms. The molecule has 170 valence electrons. The molecular weight excluding hydrogens is 416 g/mol. The van der Waals surface area contributed by atoms with Crippen molar-refractivity contribution < 1.29 is 0 Å². The molecule has 7 rings (SSSR count). The van der Waals surface area contributed by atoms with E-state index in [0.29, 0.717) is 0 Å². The number of nitrogens with zero attached hydrogens (tertiary/aromatic N) is 3. The Morgan fingerprint density at radius 2 is 1.71 bits per heavy atom. The minimum absolute atomic E-state index is 0.746. The van der Waals surface area contributed by atoms with E-state index in [4.69, 9.17) is 4.98 Å². The summed E-state index contributed by atoms with van der Waals surface area (Å²) < 4.78 is 0. The molecule has 4 heteroatoms. The largest absolute Gasteiger partial charge is 0.361 e. The standard InChI is InChI=1S/C30H30N4/c1-33-25-7-8-26(33)19-34(18-25)17-20-2-4-21(5-3-20)24-15-28-27(9-11-30(28)32-16-24)22-6-10-29-23(14-22)12-13-31-29/h2-6,9-10,12-16,25-26,31H,7-8,11,17-19H2,1H3. The highest BCUT2D eigenvalue weighted by Gasteiger charge is 2.37. The lowest BCUT2D eigenvalue weighted by Gasteiger charge is -2.38. The Kier molecular flexibility index (Phi) is 4.71. The molecule has 2 aromatic carbocycles. The first-order valence-corrected chi connectivity index (χ1v) is 12.5. The fourth-order valence-corrected chi connectivity index (χ4v) is 6.24. The van der Waals surface area contributed by atoms with Crippen LogP contribution in [0.15, 0.2) is 73.1 Å². The molecule has 0 radical (unpaired) electrons. The van der Waals surface area contributed by atoms with Crippen molar-refractivity contribution in [2.75, 3.05) is 20.1 Å². The minimum Gasteiger partial charge on any atom is -0.361 e. The van der Waals surface area contributed by atoms with Crippen LogP contribution in [0.4, 0.5) is 0 Å². The van der Waals surface area contributed by atoms with Gasteiger partial charge in [0.2, 0.25) is 0 Å². The third-order valence-electron chi connectivity index (χ3n) is 8.24. The predicted molar refractivity (Wildman–Crippen MR) is 139 cm³/mol. The molecule has 2 atom stereocenters. The van der Waals surface area contributed by atoms with Gasteiger partial charge in [0.25, 0.3) is 0 Å². The van der Waals surface area contributed by atoms with Crippen molar-refractivity contribution >= 4 is 16.5 Å². The summed E-state index contributed by atoms with van der Waals surface area (Å²) in [5.74, 6) is 0. The molecule has 0 amide bonds. The maximum atomic E-state index is 4.84. The number of piperazine rings is 1. The highest BCUT2D eigenvalue weighted by Crippen LogP contribution is 2.35. The maximum Gasteiger partial charge on any atom is 0.0520 e. The van der Waals surface area contributed by atoms with Gasteiger partial charge in [-0.15, -0.1) is 0 Å². The lowest BCUT2D eigenvalue weighted by Crippen LogP contribution is -2.51. The molecule has 2 unspecified atom stereocenters. The van der Waals surface area contributed by atoms with Crippen molar-refractivity contribution in [3.8, 4) is 11.1 Å². The molecule has 0 saturated carbocycles. The van der Waals surface area contributed by atoms with E-state index in [0.717, 1.165) is 25.0 Å². The number of fused-ring (bicyclic) bond motifs is 4. The first-order valence-electron chi connectivity index (χ1n) is 12.5. The fourth-order valence-electron chi connectivity index (χ4n) is 6.24. The normalized spacial score (nSPS) is 22.3. The highest BCUT2D eigenvalue weighted by molar-refractivity contribution is 5.90. The summed E-state index contributed by atoms with van der Waals surface area (Å²) in [7, 11) is 2.30. The summed E-state index contributed by atoms with van der Waals surface area (Å²) >= 11 is 0. The third kappa shape index (κ3) is 3.41. The molecule has 2 saturated heterocycles. The molecule has 4 aromatic rings. The Hall–Kier alpha value is -3.21. The van der Waals surface area contributed by atoms with Gasteiger partial charge >= 0.3 is 0 Å². The van der Waals surface area contributed by atoms with Gasteiger partial charge in [-0.2, -0.15) is 0 Å². The number of nitrogens with one attached hydrogen (secondary N) is 1. The summed E-state index contributed by atoms with van der Waals surface area (Å²) in [6.45, 7) is 3.46. The fraction of sp³-hybridized carbons (Fsp3) is 0.300. The number of rotatable bonds is 4. The lowest BCUT2D eigenvalue weighted by atomic mass is 9.97. The minimum atomic E-state index is 0.746. The van der Waals surface area contributed by atoms with E-state index in [2.05, 4.69) is 82.5 Å². The van der Waals surface area contributed by atoms with Crippen LogP contribution < -0.4 is 0 Å². The highest BCUT2D eigenvalue weighted by atomic mass is 15.3. The molecule has 0 spiro atoms. The number of hydrogen-bond acceptors (Lipinski definition) is 3. The van der Waals surface area contributed by atoms with Crippen molar-refractivity contribution in [3.63, 3.8) is 0 Å². The zero-order valence-corrected chi connectivity index (χ0v) is 19.7. The molecule has 2 aliphatic heterocycles. The molecule has 4 nitrogen and oxygen atoms in total. The van der Waals surface area contributed by atoms with E-state index >= 15 is 0 Å². The second kappa shape index (κ2) is 7.93. The monoisotopic (exact) mass is 446 g/mol. The molecule has 1 aliphatic carbocycles. The Labute approximate surface area is 200 Å². The number of aromatic nitrogens is 2. The van der Waals surface area contributed by atoms with Gasteiger partial charge in [0, 0.05) is 67.2 Å². The molecular formula is C30H30N4. The van der Waals surface area contributed by atoms with E-state index in [1.807, 2.05) is 12.4 Å². The summed E-state index contributed by atoms with van der Waals surface area (Å²) in [4.78, 5) is 13.4. The first-order chi connectivity index (χ1) is 16.7.